The second-order valence-electron chi connectivity index (χ2n) is 5.66. The first-order valence-electron chi connectivity index (χ1n) is 8.18. The maximum Gasteiger partial charge on any atom is 0.375 e. The standard InChI is InChI=1S/C20H15F2NO5/c21-14-8-15(22)10-16(9-14)23-18(24)12-28-20(25)19-13(6-7-26-19)11-27-17-4-2-1-3-5-17/h1-10H,11-12H2,(H,23,24). The van der Waals surface area contributed by atoms with Crippen LogP contribution in [0.1, 0.15) is 16.1 Å². The van der Waals surface area contributed by atoms with Gasteiger partial charge in [-0.15, -0.1) is 0 Å². The molecular weight excluding hydrogens is 372 g/mol. The lowest BCUT2D eigenvalue weighted by Crippen LogP contribution is -2.21. The number of esters is 1. The van der Waals surface area contributed by atoms with Crippen molar-refractivity contribution in [3.8, 4) is 5.75 Å². The Kier molecular flexibility index (Phi) is 6.01. The molecule has 0 unspecified atom stereocenters. The fourth-order valence-electron chi connectivity index (χ4n) is 2.33. The summed E-state index contributed by atoms with van der Waals surface area (Å²) in [5.41, 5.74) is 0.356. The molecule has 6 nitrogen and oxygen atoms in total. The van der Waals surface area contributed by atoms with E-state index in [1.54, 1.807) is 18.2 Å². The van der Waals surface area contributed by atoms with E-state index in [0.717, 1.165) is 12.1 Å². The second-order valence-corrected chi connectivity index (χ2v) is 5.66. The van der Waals surface area contributed by atoms with E-state index in [1.807, 2.05) is 18.2 Å². The van der Waals surface area contributed by atoms with Gasteiger partial charge in [0.1, 0.15) is 24.0 Å². The summed E-state index contributed by atoms with van der Waals surface area (Å²) < 4.78 is 41.8. The third-order valence-corrected chi connectivity index (χ3v) is 3.55. The van der Waals surface area contributed by atoms with Crippen LogP contribution in [0.25, 0.3) is 0 Å². The zero-order valence-corrected chi connectivity index (χ0v) is 14.5. The number of carbonyl (C=O) groups excluding carboxylic acids is 2. The molecule has 1 amide bonds. The largest absolute Gasteiger partial charge is 0.489 e. The van der Waals surface area contributed by atoms with Gasteiger partial charge in [0.05, 0.1) is 6.26 Å². The van der Waals surface area contributed by atoms with Gasteiger partial charge in [-0.25, -0.2) is 13.6 Å². The third-order valence-electron chi connectivity index (χ3n) is 3.55. The summed E-state index contributed by atoms with van der Waals surface area (Å²) in [6, 6.07) is 13.1. The van der Waals surface area contributed by atoms with Crippen LogP contribution in [0, 0.1) is 11.6 Å². The first kappa shape index (κ1) is 19.1. The summed E-state index contributed by atoms with van der Waals surface area (Å²) in [5, 5.41) is 2.23. The fourth-order valence-corrected chi connectivity index (χ4v) is 2.33. The highest BCUT2D eigenvalue weighted by molar-refractivity contribution is 5.95. The van der Waals surface area contributed by atoms with Gasteiger partial charge in [-0.05, 0) is 30.3 Å². The van der Waals surface area contributed by atoms with Crippen molar-refractivity contribution < 1.29 is 32.3 Å². The number of furan rings is 1. The minimum Gasteiger partial charge on any atom is -0.489 e. The minimum absolute atomic E-state index is 0.0692. The van der Waals surface area contributed by atoms with Gasteiger partial charge in [0, 0.05) is 17.3 Å². The Bertz CT molecular complexity index is 951. The molecule has 3 aromatic rings. The second kappa shape index (κ2) is 8.81. The molecule has 0 spiro atoms. The van der Waals surface area contributed by atoms with Gasteiger partial charge in [-0.1, -0.05) is 18.2 Å². The van der Waals surface area contributed by atoms with Crippen molar-refractivity contribution in [2.45, 2.75) is 6.61 Å². The lowest BCUT2D eigenvalue weighted by Gasteiger charge is -2.08. The van der Waals surface area contributed by atoms with E-state index < -0.39 is 30.1 Å². The van der Waals surface area contributed by atoms with E-state index in [9.17, 15) is 18.4 Å². The third kappa shape index (κ3) is 5.16. The van der Waals surface area contributed by atoms with E-state index >= 15 is 0 Å². The summed E-state index contributed by atoms with van der Waals surface area (Å²) in [4.78, 5) is 23.9. The molecular formula is C20H15F2NO5. The Morgan fingerprint density at radius 3 is 2.43 bits per heavy atom. The number of carbonyl (C=O) groups is 2. The molecule has 0 aliphatic heterocycles. The average molecular weight is 387 g/mol. The molecule has 0 radical (unpaired) electrons. The maximum atomic E-state index is 13.1. The molecule has 0 bridgehead atoms. The molecule has 28 heavy (non-hydrogen) atoms. The zero-order valence-electron chi connectivity index (χ0n) is 14.5. The number of nitrogens with one attached hydrogen (secondary N) is 1. The molecule has 0 aliphatic carbocycles. The predicted molar refractivity (Wildman–Crippen MR) is 94.8 cm³/mol. The van der Waals surface area contributed by atoms with Gasteiger partial charge in [-0.2, -0.15) is 0 Å². The highest BCUT2D eigenvalue weighted by Crippen LogP contribution is 2.17. The first-order valence-corrected chi connectivity index (χ1v) is 8.18. The first-order chi connectivity index (χ1) is 13.5. The van der Waals surface area contributed by atoms with Crippen LogP contribution in [0.15, 0.2) is 65.3 Å². The number of hydrogen-bond donors (Lipinski definition) is 1. The Morgan fingerprint density at radius 1 is 1.00 bits per heavy atom. The number of para-hydroxylation sites is 1. The highest BCUT2D eigenvalue weighted by Gasteiger charge is 2.19. The van der Waals surface area contributed by atoms with E-state index in [1.165, 1.54) is 6.26 Å². The topological polar surface area (TPSA) is 77.8 Å². The van der Waals surface area contributed by atoms with Gasteiger partial charge < -0.3 is 19.2 Å². The molecule has 1 aromatic heterocycles. The maximum absolute atomic E-state index is 13.1. The molecule has 0 aliphatic rings. The smallest absolute Gasteiger partial charge is 0.375 e. The lowest BCUT2D eigenvalue weighted by molar-refractivity contribution is -0.119. The van der Waals surface area contributed by atoms with Gasteiger partial charge in [-0.3, -0.25) is 4.79 Å². The normalized spacial score (nSPS) is 10.4. The van der Waals surface area contributed by atoms with Gasteiger partial charge >= 0.3 is 5.97 Å². The quantitative estimate of drug-likeness (QED) is 0.622. The molecule has 144 valence electrons. The molecule has 0 saturated heterocycles. The van der Waals surface area contributed by atoms with Crippen molar-refractivity contribution in [2.75, 3.05) is 11.9 Å². The molecule has 1 N–H and O–H groups in total. The van der Waals surface area contributed by atoms with Crippen LogP contribution < -0.4 is 10.1 Å². The van der Waals surface area contributed by atoms with Crippen LogP contribution in [0.4, 0.5) is 14.5 Å². The monoisotopic (exact) mass is 387 g/mol. The van der Waals surface area contributed by atoms with Crippen molar-refractivity contribution in [3.63, 3.8) is 0 Å². The van der Waals surface area contributed by atoms with Crippen LogP contribution >= 0.6 is 0 Å². The summed E-state index contributed by atoms with van der Waals surface area (Å²) in [5.74, 6) is -2.79. The van der Waals surface area contributed by atoms with Crippen molar-refractivity contribution in [1.29, 1.82) is 0 Å². The Labute approximate surface area is 158 Å². The molecule has 8 heteroatoms. The summed E-state index contributed by atoms with van der Waals surface area (Å²) in [6.07, 6.45) is 1.30. The Morgan fingerprint density at radius 2 is 1.71 bits per heavy atom. The highest BCUT2D eigenvalue weighted by atomic mass is 19.1. The number of benzene rings is 2. The average Bonchev–Trinajstić information content (AvgIpc) is 3.13. The van der Waals surface area contributed by atoms with Gasteiger partial charge in [0.15, 0.2) is 6.61 Å². The molecule has 0 atom stereocenters. The van der Waals surface area contributed by atoms with Crippen molar-refractivity contribution >= 4 is 17.6 Å². The van der Waals surface area contributed by atoms with Crippen LogP contribution in [-0.2, 0) is 16.1 Å². The van der Waals surface area contributed by atoms with E-state index in [2.05, 4.69) is 5.32 Å². The summed E-state index contributed by atoms with van der Waals surface area (Å²) in [6.45, 7) is -0.587. The molecule has 3 rings (SSSR count). The molecule has 2 aromatic carbocycles. The Balaban J connectivity index is 1.53. The van der Waals surface area contributed by atoms with Crippen molar-refractivity contribution in [1.82, 2.24) is 0 Å². The molecule has 0 saturated carbocycles. The molecule has 0 fully saturated rings. The summed E-state index contributed by atoms with van der Waals surface area (Å²) >= 11 is 0. The van der Waals surface area contributed by atoms with Gasteiger partial charge in [0.25, 0.3) is 5.91 Å². The van der Waals surface area contributed by atoms with Crippen LogP contribution in [0.2, 0.25) is 0 Å². The van der Waals surface area contributed by atoms with Crippen molar-refractivity contribution in [2.24, 2.45) is 0 Å². The van der Waals surface area contributed by atoms with Crippen LogP contribution in [-0.4, -0.2) is 18.5 Å². The summed E-state index contributed by atoms with van der Waals surface area (Å²) in [7, 11) is 0. The van der Waals surface area contributed by atoms with Crippen molar-refractivity contribution in [3.05, 3.63) is 83.8 Å². The van der Waals surface area contributed by atoms with Crippen LogP contribution in [0.5, 0.6) is 5.75 Å². The minimum atomic E-state index is -0.864. The lowest BCUT2D eigenvalue weighted by atomic mass is 10.2. The predicted octanol–water partition coefficient (Wildman–Crippen LogP) is 3.93. The number of anilines is 1. The van der Waals surface area contributed by atoms with Gasteiger partial charge in [0.2, 0.25) is 5.76 Å². The van der Waals surface area contributed by atoms with Crippen LogP contribution in [0.3, 0.4) is 0 Å². The number of hydrogen-bond acceptors (Lipinski definition) is 5. The van der Waals surface area contributed by atoms with E-state index in [-0.39, 0.29) is 18.1 Å². The van der Waals surface area contributed by atoms with E-state index in [4.69, 9.17) is 13.9 Å². The SMILES string of the molecule is O=C(COC(=O)c1occc1COc1ccccc1)Nc1cc(F)cc(F)c1. The number of rotatable bonds is 7. The van der Waals surface area contributed by atoms with E-state index in [0.29, 0.717) is 17.4 Å². The number of amides is 1. The Hall–Kier alpha value is -3.68. The number of halogens is 2. The molecule has 1 heterocycles. The fraction of sp³-hybridized carbons (Fsp3) is 0.100. The number of ether oxygens (including phenoxy) is 2. The zero-order chi connectivity index (χ0) is 19.9.